The molecule has 7 heteroatoms. The topological polar surface area (TPSA) is 62.3 Å². The lowest BCUT2D eigenvalue weighted by Gasteiger charge is -2.23. The highest BCUT2D eigenvalue weighted by atomic mass is 32.1. The number of hydrogen-bond acceptors (Lipinski definition) is 4. The van der Waals surface area contributed by atoms with Crippen LogP contribution in [0.4, 0.5) is 4.39 Å². The number of nitrogens with one attached hydrogen (secondary N) is 1. The summed E-state index contributed by atoms with van der Waals surface area (Å²) in [6.07, 6.45) is 0. The van der Waals surface area contributed by atoms with Gasteiger partial charge in [-0.2, -0.15) is 0 Å². The van der Waals surface area contributed by atoms with Crippen LogP contribution >= 0.6 is 11.3 Å². The van der Waals surface area contributed by atoms with Gasteiger partial charge in [0.05, 0.1) is 22.8 Å². The maximum atomic E-state index is 12.9. The average Bonchev–Trinajstić information content (AvgIpc) is 3.09. The minimum atomic E-state index is -0.417. The number of benzene rings is 2. The van der Waals surface area contributed by atoms with E-state index in [2.05, 4.69) is 10.3 Å². The molecule has 0 aliphatic heterocycles. The molecule has 1 heterocycles. The van der Waals surface area contributed by atoms with Gasteiger partial charge >= 0.3 is 0 Å². The number of carbonyl (C=O) groups excluding carboxylic acids is 2. The van der Waals surface area contributed by atoms with Crippen molar-refractivity contribution in [1.29, 1.82) is 0 Å². The Bertz CT molecular complexity index is 906. The summed E-state index contributed by atoms with van der Waals surface area (Å²) in [5, 5.41) is 3.40. The molecule has 0 spiro atoms. The average molecular weight is 371 g/mol. The van der Waals surface area contributed by atoms with Crippen molar-refractivity contribution in [2.24, 2.45) is 0 Å². The zero-order valence-electron chi connectivity index (χ0n) is 14.4. The van der Waals surface area contributed by atoms with Gasteiger partial charge in [0.2, 0.25) is 5.91 Å². The van der Waals surface area contributed by atoms with Gasteiger partial charge in [-0.25, -0.2) is 9.37 Å². The van der Waals surface area contributed by atoms with E-state index in [0.717, 1.165) is 15.2 Å². The molecule has 26 heavy (non-hydrogen) atoms. The molecule has 3 aromatic rings. The minimum absolute atomic E-state index is 0.137. The summed E-state index contributed by atoms with van der Waals surface area (Å²) < 4.78 is 14.0. The van der Waals surface area contributed by atoms with Crippen LogP contribution in [0.15, 0.2) is 48.5 Å². The van der Waals surface area contributed by atoms with Crippen molar-refractivity contribution in [1.82, 2.24) is 15.2 Å². The smallest absolute Gasteiger partial charge is 0.251 e. The molecule has 0 aliphatic carbocycles. The summed E-state index contributed by atoms with van der Waals surface area (Å²) in [7, 11) is 1.68. The molecule has 5 nitrogen and oxygen atoms in total. The van der Waals surface area contributed by atoms with E-state index in [0.29, 0.717) is 5.56 Å². The summed E-state index contributed by atoms with van der Waals surface area (Å²) in [5.41, 5.74) is 1.21. The van der Waals surface area contributed by atoms with Crippen LogP contribution in [0.3, 0.4) is 0 Å². The normalized spacial score (nSPS) is 12.0. The van der Waals surface area contributed by atoms with Crippen LogP contribution in [0.25, 0.3) is 10.2 Å². The van der Waals surface area contributed by atoms with E-state index >= 15 is 0 Å². The molecule has 1 N–H and O–H groups in total. The third kappa shape index (κ3) is 3.88. The van der Waals surface area contributed by atoms with Crippen LogP contribution in [0.2, 0.25) is 0 Å². The number of para-hydroxylation sites is 1. The fraction of sp³-hybridized carbons (Fsp3) is 0.211. The summed E-state index contributed by atoms with van der Waals surface area (Å²) in [6.45, 7) is 1.76. The maximum absolute atomic E-state index is 12.9. The number of hydrogen-bond donors (Lipinski definition) is 1. The van der Waals surface area contributed by atoms with Crippen LogP contribution in [0, 0.1) is 5.82 Å². The third-order valence-corrected chi connectivity index (χ3v) is 5.36. The second kappa shape index (κ2) is 7.61. The number of halogens is 1. The van der Waals surface area contributed by atoms with Gasteiger partial charge in [-0.3, -0.25) is 9.59 Å². The Hall–Kier alpha value is -2.80. The van der Waals surface area contributed by atoms with Gasteiger partial charge in [-0.05, 0) is 43.3 Å². The number of likely N-dealkylation sites (N-methyl/N-ethyl adjacent to an activating group) is 1. The first-order chi connectivity index (χ1) is 12.5. The molecule has 0 radical (unpaired) electrons. The first-order valence-corrected chi connectivity index (χ1v) is 8.92. The third-order valence-electron chi connectivity index (χ3n) is 4.15. The molecule has 2 aromatic carbocycles. The quantitative estimate of drug-likeness (QED) is 0.748. The standard InChI is InChI=1S/C19H18FN3O2S/c1-12(19-22-15-5-3-4-6-16(15)26-19)23(2)17(24)11-21-18(25)13-7-9-14(20)10-8-13/h3-10,12H,11H2,1-2H3,(H,21,25)/t12-/m0/s1. The molecule has 1 aromatic heterocycles. The van der Waals surface area contributed by atoms with Gasteiger partial charge in [0.1, 0.15) is 10.8 Å². The highest BCUT2D eigenvalue weighted by Crippen LogP contribution is 2.28. The Morgan fingerprint density at radius 2 is 1.88 bits per heavy atom. The molecule has 2 amide bonds. The highest BCUT2D eigenvalue weighted by Gasteiger charge is 2.21. The number of aromatic nitrogens is 1. The van der Waals surface area contributed by atoms with E-state index in [9.17, 15) is 14.0 Å². The van der Waals surface area contributed by atoms with Gasteiger partial charge in [0.15, 0.2) is 0 Å². The first-order valence-electron chi connectivity index (χ1n) is 8.10. The Labute approximate surface area is 154 Å². The largest absolute Gasteiger partial charge is 0.343 e. The Balaban J connectivity index is 1.61. The van der Waals surface area contributed by atoms with Gasteiger partial charge in [0.25, 0.3) is 5.91 Å². The van der Waals surface area contributed by atoms with E-state index in [1.54, 1.807) is 23.3 Å². The summed E-state index contributed by atoms with van der Waals surface area (Å²) in [4.78, 5) is 30.5. The Morgan fingerprint density at radius 3 is 2.58 bits per heavy atom. The summed E-state index contributed by atoms with van der Waals surface area (Å²) >= 11 is 1.55. The van der Waals surface area contributed by atoms with Gasteiger partial charge in [-0.15, -0.1) is 11.3 Å². The fourth-order valence-corrected chi connectivity index (χ4v) is 3.50. The lowest BCUT2D eigenvalue weighted by molar-refractivity contribution is -0.130. The van der Waals surface area contributed by atoms with E-state index in [1.807, 2.05) is 31.2 Å². The molecule has 0 aliphatic rings. The molecule has 0 saturated carbocycles. The molecule has 0 bridgehead atoms. The van der Waals surface area contributed by atoms with E-state index in [-0.39, 0.29) is 18.5 Å². The maximum Gasteiger partial charge on any atom is 0.251 e. The zero-order valence-corrected chi connectivity index (χ0v) is 15.2. The molecular weight excluding hydrogens is 353 g/mol. The second-order valence-corrected chi connectivity index (χ2v) is 6.95. The SMILES string of the molecule is C[C@@H](c1nc2ccccc2s1)N(C)C(=O)CNC(=O)c1ccc(F)cc1. The van der Waals surface area contributed by atoms with Gasteiger partial charge in [0, 0.05) is 12.6 Å². The number of rotatable bonds is 5. The molecule has 134 valence electrons. The minimum Gasteiger partial charge on any atom is -0.343 e. The monoisotopic (exact) mass is 371 g/mol. The first kappa shape index (κ1) is 18.0. The lowest BCUT2D eigenvalue weighted by atomic mass is 10.2. The number of amides is 2. The van der Waals surface area contributed by atoms with Crippen molar-refractivity contribution >= 4 is 33.4 Å². The van der Waals surface area contributed by atoms with Crippen LogP contribution in [-0.2, 0) is 4.79 Å². The Morgan fingerprint density at radius 1 is 1.19 bits per heavy atom. The van der Waals surface area contributed by atoms with Crippen molar-refractivity contribution in [3.8, 4) is 0 Å². The van der Waals surface area contributed by atoms with Crippen molar-refractivity contribution < 1.29 is 14.0 Å². The summed E-state index contributed by atoms with van der Waals surface area (Å²) in [5.74, 6) is -1.06. The fourth-order valence-electron chi connectivity index (χ4n) is 2.43. The predicted molar refractivity (Wildman–Crippen MR) is 99.5 cm³/mol. The number of nitrogens with zero attached hydrogens (tertiary/aromatic N) is 2. The van der Waals surface area contributed by atoms with Crippen molar-refractivity contribution in [3.05, 3.63) is 64.9 Å². The highest BCUT2D eigenvalue weighted by molar-refractivity contribution is 7.18. The lowest BCUT2D eigenvalue weighted by Crippen LogP contribution is -2.39. The van der Waals surface area contributed by atoms with Crippen LogP contribution in [0.1, 0.15) is 28.3 Å². The Kier molecular flexibility index (Phi) is 5.27. The van der Waals surface area contributed by atoms with Crippen molar-refractivity contribution in [2.45, 2.75) is 13.0 Å². The number of carbonyl (C=O) groups is 2. The van der Waals surface area contributed by atoms with E-state index in [1.165, 1.54) is 24.3 Å². The van der Waals surface area contributed by atoms with E-state index in [4.69, 9.17) is 0 Å². The predicted octanol–water partition coefficient (Wildman–Crippen LogP) is 3.38. The van der Waals surface area contributed by atoms with Crippen LogP contribution in [0.5, 0.6) is 0 Å². The second-order valence-electron chi connectivity index (χ2n) is 5.89. The van der Waals surface area contributed by atoms with Crippen LogP contribution < -0.4 is 5.32 Å². The van der Waals surface area contributed by atoms with Gasteiger partial charge in [-0.1, -0.05) is 12.1 Å². The van der Waals surface area contributed by atoms with Crippen molar-refractivity contribution in [2.75, 3.05) is 13.6 Å². The molecular formula is C19H18FN3O2S. The van der Waals surface area contributed by atoms with Gasteiger partial charge < -0.3 is 10.2 Å². The van der Waals surface area contributed by atoms with E-state index < -0.39 is 11.7 Å². The molecule has 3 rings (SSSR count). The molecule has 0 unspecified atom stereocenters. The molecule has 0 fully saturated rings. The van der Waals surface area contributed by atoms with Crippen molar-refractivity contribution in [3.63, 3.8) is 0 Å². The molecule has 0 saturated heterocycles. The van der Waals surface area contributed by atoms with Crippen LogP contribution in [-0.4, -0.2) is 35.3 Å². The summed E-state index contributed by atoms with van der Waals surface area (Å²) in [6, 6.07) is 12.8. The number of thiazole rings is 1. The number of fused-ring (bicyclic) bond motifs is 1. The molecule has 1 atom stereocenters. The zero-order chi connectivity index (χ0) is 18.7.